The first-order valence-electron chi connectivity index (χ1n) is 8.75. The van der Waals surface area contributed by atoms with Crippen LogP contribution in [0.3, 0.4) is 0 Å². The number of imidazole rings is 1. The third-order valence-electron chi connectivity index (χ3n) is 4.98. The lowest BCUT2D eigenvalue weighted by molar-refractivity contribution is 0.0239. The molecule has 0 saturated heterocycles. The molecule has 3 aromatic rings. The average Bonchev–Trinajstić information content (AvgIpc) is 3.02. The summed E-state index contributed by atoms with van der Waals surface area (Å²) in [4.78, 5) is 17.1. The van der Waals surface area contributed by atoms with Crippen molar-refractivity contribution in [2.45, 2.75) is 31.4 Å². The number of rotatable bonds is 5. The van der Waals surface area contributed by atoms with Gasteiger partial charge < -0.3 is 14.8 Å². The van der Waals surface area contributed by atoms with Crippen molar-refractivity contribution in [2.75, 3.05) is 0 Å². The van der Waals surface area contributed by atoms with E-state index in [2.05, 4.69) is 22.4 Å². The number of aromatic nitrogens is 2. The van der Waals surface area contributed by atoms with Gasteiger partial charge in [0.15, 0.2) is 0 Å². The summed E-state index contributed by atoms with van der Waals surface area (Å²) in [6.45, 7) is 0. The van der Waals surface area contributed by atoms with Crippen LogP contribution in [0.5, 0.6) is 0 Å². The van der Waals surface area contributed by atoms with E-state index in [0.717, 1.165) is 19.3 Å². The molecule has 2 N–H and O–H groups in total. The Labute approximate surface area is 156 Å². The van der Waals surface area contributed by atoms with Crippen LogP contribution < -0.4 is 5.32 Å². The molecule has 1 unspecified atom stereocenters. The molecule has 0 aliphatic heterocycles. The number of halogens is 1. The molecule has 2 aromatic heterocycles. The monoisotopic (exact) mass is 369 g/mol. The Morgan fingerprint density at radius 2 is 2.00 bits per heavy atom. The van der Waals surface area contributed by atoms with Crippen LogP contribution in [0.25, 0.3) is 5.65 Å². The van der Waals surface area contributed by atoms with E-state index in [1.807, 2.05) is 18.2 Å². The number of fused-ring (bicyclic) bond motifs is 1. The Morgan fingerprint density at radius 1 is 1.23 bits per heavy atom. The van der Waals surface area contributed by atoms with Gasteiger partial charge in [0.2, 0.25) is 0 Å². The maximum absolute atomic E-state index is 12.7. The van der Waals surface area contributed by atoms with E-state index in [9.17, 15) is 9.90 Å². The first kappa shape index (κ1) is 17.1. The third kappa shape index (κ3) is 3.59. The lowest BCUT2D eigenvalue weighted by Gasteiger charge is -2.38. The Balaban J connectivity index is 1.52. The molecule has 1 amide bonds. The van der Waals surface area contributed by atoms with Crippen molar-refractivity contribution in [3.63, 3.8) is 0 Å². The van der Waals surface area contributed by atoms with Gasteiger partial charge in [-0.1, -0.05) is 41.9 Å². The van der Waals surface area contributed by atoms with Crippen molar-refractivity contribution in [1.82, 2.24) is 14.7 Å². The molecule has 0 spiro atoms. The Hall–Kier alpha value is -2.37. The smallest absolute Gasteiger partial charge is 0.271 e. The molecule has 1 aromatic carbocycles. The van der Waals surface area contributed by atoms with Crippen LogP contribution in [0.2, 0.25) is 5.02 Å². The van der Waals surface area contributed by atoms with Crippen LogP contribution >= 0.6 is 11.6 Å². The number of benzene rings is 1. The van der Waals surface area contributed by atoms with E-state index in [4.69, 9.17) is 11.6 Å². The number of hydrogen-bond donors (Lipinski definition) is 2. The number of nitrogens with one attached hydrogen (secondary N) is 1. The van der Waals surface area contributed by atoms with Crippen LogP contribution in [0.4, 0.5) is 0 Å². The highest BCUT2D eigenvalue weighted by atomic mass is 35.5. The molecule has 134 valence electrons. The number of pyridine rings is 1. The van der Waals surface area contributed by atoms with E-state index in [1.165, 1.54) is 5.56 Å². The van der Waals surface area contributed by atoms with Gasteiger partial charge in [0.25, 0.3) is 5.91 Å². The molecule has 1 fully saturated rings. The molecule has 1 atom stereocenters. The molecule has 4 rings (SSSR count). The second-order valence-corrected chi connectivity index (χ2v) is 7.33. The second kappa shape index (κ2) is 7.09. The average molecular weight is 370 g/mol. The normalized spacial score (nSPS) is 20.5. The van der Waals surface area contributed by atoms with Crippen LogP contribution in [0, 0.1) is 5.92 Å². The number of aliphatic hydroxyl groups is 1. The highest BCUT2D eigenvalue weighted by molar-refractivity contribution is 6.30. The molecule has 0 radical (unpaired) electrons. The van der Waals surface area contributed by atoms with E-state index in [1.54, 1.807) is 28.9 Å². The van der Waals surface area contributed by atoms with Gasteiger partial charge in [-0.25, -0.2) is 4.98 Å². The van der Waals surface area contributed by atoms with Gasteiger partial charge in [0.05, 0.1) is 11.1 Å². The van der Waals surface area contributed by atoms with Crippen LogP contribution in [0.1, 0.15) is 28.9 Å². The summed E-state index contributed by atoms with van der Waals surface area (Å²) in [5.74, 6) is 0.0766. The Kier molecular flexibility index (Phi) is 4.66. The van der Waals surface area contributed by atoms with E-state index < -0.39 is 0 Å². The topological polar surface area (TPSA) is 66.6 Å². The van der Waals surface area contributed by atoms with Gasteiger partial charge in [-0.2, -0.15) is 0 Å². The van der Waals surface area contributed by atoms with Gasteiger partial charge in [0.1, 0.15) is 11.3 Å². The first-order valence-corrected chi connectivity index (χ1v) is 9.13. The predicted molar refractivity (Wildman–Crippen MR) is 100 cm³/mol. The highest BCUT2D eigenvalue weighted by Gasteiger charge is 2.35. The Bertz CT molecular complexity index is 919. The molecular formula is C20H20ClN3O2. The van der Waals surface area contributed by atoms with Crippen molar-refractivity contribution in [1.29, 1.82) is 0 Å². The summed E-state index contributed by atoms with van der Waals surface area (Å²) < 4.78 is 1.75. The molecule has 6 heteroatoms. The summed E-state index contributed by atoms with van der Waals surface area (Å²) in [5, 5.41) is 13.4. The summed E-state index contributed by atoms with van der Waals surface area (Å²) in [5.41, 5.74) is 2.21. The number of carbonyl (C=O) groups excluding carboxylic acids is 1. The summed E-state index contributed by atoms with van der Waals surface area (Å²) in [6.07, 6.45) is 5.34. The van der Waals surface area contributed by atoms with Crippen LogP contribution in [-0.4, -0.2) is 32.5 Å². The molecule has 1 aliphatic rings. The maximum atomic E-state index is 12.7. The van der Waals surface area contributed by atoms with Crippen molar-refractivity contribution >= 4 is 23.2 Å². The van der Waals surface area contributed by atoms with Crippen LogP contribution in [-0.2, 0) is 6.42 Å². The van der Waals surface area contributed by atoms with Crippen molar-refractivity contribution in [3.05, 3.63) is 71.1 Å². The number of aliphatic hydroxyl groups excluding tert-OH is 1. The van der Waals surface area contributed by atoms with Gasteiger partial charge in [-0.15, -0.1) is 0 Å². The van der Waals surface area contributed by atoms with E-state index in [0.29, 0.717) is 16.4 Å². The molecule has 1 saturated carbocycles. The second-order valence-electron chi connectivity index (χ2n) is 6.89. The fourth-order valence-electron chi connectivity index (χ4n) is 3.48. The number of nitrogens with zero attached hydrogens (tertiary/aromatic N) is 2. The van der Waals surface area contributed by atoms with E-state index in [-0.39, 0.29) is 24.0 Å². The third-order valence-corrected chi connectivity index (χ3v) is 5.20. The minimum Gasteiger partial charge on any atom is -0.393 e. The summed E-state index contributed by atoms with van der Waals surface area (Å²) in [6, 6.07) is 13.6. The van der Waals surface area contributed by atoms with Crippen molar-refractivity contribution in [3.8, 4) is 0 Å². The molecule has 1 aliphatic carbocycles. The molecule has 2 heterocycles. The molecule has 26 heavy (non-hydrogen) atoms. The van der Waals surface area contributed by atoms with Gasteiger partial charge >= 0.3 is 0 Å². The maximum Gasteiger partial charge on any atom is 0.271 e. The Morgan fingerprint density at radius 3 is 2.73 bits per heavy atom. The van der Waals surface area contributed by atoms with Crippen molar-refractivity contribution in [2.24, 2.45) is 5.92 Å². The zero-order valence-electron chi connectivity index (χ0n) is 14.2. The van der Waals surface area contributed by atoms with Gasteiger partial charge in [0, 0.05) is 18.4 Å². The standard InChI is InChI=1S/C20H20ClN3O2/c21-15-6-7-19-22-18(12-24(19)11-15)20(26)23-17(14-9-16(25)10-14)8-13-4-2-1-3-5-13/h1-7,11-12,14,16-17,25H,8-10H2,(H,23,26). The van der Waals surface area contributed by atoms with Gasteiger partial charge in [-0.05, 0) is 42.9 Å². The predicted octanol–water partition coefficient (Wildman–Crippen LogP) is 3.10. The quantitative estimate of drug-likeness (QED) is 0.726. The fraction of sp³-hybridized carbons (Fsp3) is 0.300. The molecule has 5 nitrogen and oxygen atoms in total. The minimum atomic E-state index is -0.257. The molecule has 0 bridgehead atoms. The zero-order valence-corrected chi connectivity index (χ0v) is 14.9. The van der Waals surface area contributed by atoms with Crippen molar-refractivity contribution < 1.29 is 9.90 Å². The largest absolute Gasteiger partial charge is 0.393 e. The number of amides is 1. The zero-order chi connectivity index (χ0) is 18.1. The number of hydrogen-bond acceptors (Lipinski definition) is 3. The van der Waals surface area contributed by atoms with Gasteiger partial charge in [-0.3, -0.25) is 4.79 Å². The lowest BCUT2D eigenvalue weighted by atomic mass is 9.75. The fourth-order valence-corrected chi connectivity index (χ4v) is 3.65. The summed E-state index contributed by atoms with van der Waals surface area (Å²) in [7, 11) is 0. The SMILES string of the molecule is O=C(NC(Cc1ccccc1)C1CC(O)C1)c1cn2cc(Cl)ccc2n1. The first-order chi connectivity index (χ1) is 12.6. The summed E-state index contributed by atoms with van der Waals surface area (Å²) >= 11 is 5.99. The minimum absolute atomic E-state index is 0.0262. The highest BCUT2D eigenvalue weighted by Crippen LogP contribution is 2.32. The number of carbonyl (C=O) groups is 1. The lowest BCUT2D eigenvalue weighted by Crippen LogP contribution is -2.48. The van der Waals surface area contributed by atoms with E-state index >= 15 is 0 Å². The molecular weight excluding hydrogens is 350 g/mol. The van der Waals surface area contributed by atoms with Crippen LogP contribution in [0.15, 0.2) is 54.9 Å².